The van der Waals surface area contributed by atoms with E-state index in [1.807, 2.05) is 78.9 Å². The van der Waals surface area contributed by atoms with E-state index in [-0.39, 0.29) is 18.2 Å². The first kappa shape index (κ1) is 22.0. The van der Waals surface area contributed by atoms with E-state index in [1.54, 1.807) is 0 Å². The van der Waals surface area contributed by atoms with Crippen LogP contribution in [-0.2, 0) is 17.2 Å². The molecule has 0 saturated carbocycles. The van der Waals surface area contributed by atoms with E-state index < -0.39 is 0 Å². The number of carbonyl (C=O) groups is 1. The third-order valence-corrected chi connectivity index (χ3v) is 6.52. The van der Waals surface area contributed by atoms with Crippen molar-refractivity contribution in [3.8, 4) is 11.8 Å². The molecule has 0 radical (unpaired) electrons. The zero-order valence-electron chi connectivity index (χ0n) is 17.3. The maximum absolute atomic E-state index is 12.4. The number of allylic oxidation sites excluding steroid dienone is 1. The standard InChI is InChI=1S/C26H21ClN2O2S/c27-21-10-6-19(7-11-21)17-32-26-24(15-28)23(14-25(30)29-26)20-8-12-22(13-9-20)31-16-18-4-2-1-3-5-18/h1-13,23H,14,16-17H2,(H,29,30)/t23-/m1/s1. The molecule has 3 aromatic rings. The molecular formula is C26H21ClN2O2S. The van der Waals surface area contributed by atoms with Gasteiger partial charge in [-0.15, -0.1) is 11.8 Å². The van der Waals surface area contributed by atoms with Crippen LogP contribution in [0.15, 0.2) is 89.5 Å². The van der Waals surface area contributed by atoms with Crippen LogP contribution in [0.1, 0.15) is 29.0 Å². The van der Waals surface area contributed by atoms with Gasteiger partial charge in [-0.05, 0) is 41.0 Å². The lowest BCUT2D eigenvalue weighted by atomic mass is 9.87. The number of nitrogens with one attached hydrogen (secondary N) is 1. The molecule has 0 aromatic heterocycles. The Morgan fingerprint density at radius 3 is 2.41 bits per heavy atom. The molecule has 0 bridgehead atoms. The van der Waals surface area contributed by atoms with Gasteiger partial charge in [0.15, 0.2) is 0 Å². The third-order valence-electron chi connectivity index (χ3n) is 5.18. The van der Waals surface area contributed by atoms with Gasteiger partial charge in [0.1, 0.15) is 12.4 Å². The summed E-state index contributed by atoms with van der Waals surface area (Å²) < 4.78 is 5.86. The number of thioether (sulfide) groups is 1. The van der Waals surface area contributed by atoms with Crippen LogP contribution in [0.3, 0.4) is 0 Å². The molecule has 32 heavy (non-hydrogen) atoms. The van der Waals surface area contributed by atoms with Gasteiger partial charge < -0.3 is 10.1 Å². The largest absolute Gasteiger partial charge is 0.489 e. The van der Waals surface area contributed by atoms with Crippen LogP contribution in [-0.4, -0.2) is 5.91 Å². The molecule has 0 unspecified atom stereocenters. The fraction of sp³-hybridized carbons (Fsp3) is 0.154. The Kier molecular flexibility index (Phi) is 7.16. The lowest BCUT2D eigenvalue weighted by molar-refractivity contribution is -0.120. The number of hydrogen-bond donors (Lipinski definition) is 1. The van der Waals surface area contributed by atoms with Crippen molar-refractivity contribution in [3.63, 3.8) is 0 Å². The highest BCUT2D eigenvalue weighted by molar-refractivity contribution is 8.02. The Bertz CT molecular complexity index is 1150. The number of nitriles is 1. The van der Waals surface area contributed by atoms with Crippen molar-refractivity contribution >= 4 is 29.3 Å². The van der Waals surface area contributed by atoms with Crippen molar-refractivity contribution in [1.29, 1.82) is 5.26 Å². The SMILES string of the molecule is N#CC1=C(SCc2ccc(Cl)cc2)NC(=O)C[C@@H]1c1ccc(OCc2ccccc2)cc1. The van der Waals surface area contributed by atoms with Crippen molar-refractivity contribution in [3.05, 3.63) is 111 Å². The summed E-state index contributed by atoms with van der Waals surface area (Å²) in [6.07, 6.45) is 0.248. The topological polar surface area (TPSA) is 62.1 Å². The molecule has 0 spiro atoms. The summed E-state index contributed by atoms with van der Waals surface area (Å²) in [6, 6.07) is 27.5. The van der Waals surface area contributed by atoms with E-state index >= 15 is 0 Å². The van der Waals surface area contributed by atoms with Crippen LogP contribution >= 0.6 is 23.4 Å². The average Bonchev–Trinajstić information content (AvgIpc) is 2.83. The fourth-order valence-electron chi connectivity index (χ4n) is 3.49. The zero-order valence-corrected chi connectivity index (χ0v) is 18.8. The van der Waals surface area contributed by atoms with Gasteiger partial charge in [-0.25, -0.2) is 0 Å². The molecule has 0 aliphatic carbocycles. The number of ether oxygens (including phenoxy) is 1. The minimum absolute atomic E-state index is 0.0861. The molecule has 3 aromatic carbocycles. The van der Waals surface area contributed by atoms with Gasteiger partial charge in [0.2, 0.25) is 5.91 Å². The molecule has 0 saturated heterocycles. The summed E-state index contributed by atoms with van der Waals surface area (Å²) in [5, 5.41) is 14.0. The molecule has 160 valence electrons. The van der Waals surface area contributed by atoms with Crippen LogP contribution in [0.2, 0.25) is 5.02 Å². The van der Waals surface area contributed by atoms with E-state index in [0.717, 1.165) is 22.4 Å². The Morgan fingerprint density at radius 2 is 1.72 bits per heavy atom. The zero-order chi connectivity index (χ0) is 22.3. The van der Waals surface area contributed by atoms with Crippen molar-refractivity contribution in [1.82, 2.24) is 5.32 Å². The summed E-state index contributed by atoms with van der Waals surface area (Å²) in [5.41, 5.74) is 3.67. The molecule has 1 N–H and O–H groups in total. The van der Waals surface area contributed by atoms with Crippen LogP contribution in [0.25, 0.3) is 0 Å². The van der Waals surface area contributed by atoms with Crippen LogP contribution in [0.4, 0.5) is 0 Å². The Balaban J connectivity index is 1.48. The second-order valence-corrected chi connectivity index (χ2v) is 8.84. The maximum atomic E-state index is 12.4. The summed E-state index contributed by atoms with van der Waals surface area (Å²) in [6.45, 7) is 0.487. The van der Waals surface area contributed by atoms with Gasteiger partial charge in [-0.3, -0.25) is 4.79 Å². The van der Waals surface area contributed by atoms with Crippen molar-refractivity contribution < 1.29 is 9.53 Å². The van der Waals surface area contributed by atoms with Crippen LogP contribution in [0.5, 0.6) is 5.75 Å². The first-order valence-corrected chi connectivity index (χ1v) is 11.6. The number of rotatable bonds is 7. The number of halogens is 1. The minimum atomic E-state index is -0.273. The Labute approximate surface area is 196 Å². The lowest BCUT2D eigenvalue weighted by Gasteiger charge is -2.25. The molecule has 4 nitrogen and oxygen atoms in total. The first-order chi connectivity index (χ1) is 15.6. The summed E-state index contributed by atoms with van der Waals surface area (Å²) in [5.74, 6) is 1.02. The van der Waals surface area contributed by atoms with E-state index in [0.29, 0.717) is 28.0 Å². The monoisotopic (exact) mass is 460 g/mol. The van der Waals surface area contributed by atoms with Crippen molar-refractivity contribution in [2.24, 2.45) is 0 Å². The van der Waals surface area contributed by atoms with E-state index in [2.05, 4.69) is 11.4 Å². The summed E-state index contributed by atoms with van der Waals surface area (Å²) in [7, 11) is 0. The molecule has 6 heteroatoms. The fourth-order valence-corrected chi connectivity index (χ4v) is 4.65. The first-order valence-electron chi connectivity index (χ1n) is 10.2. The molecule has 0 fully saturated rings. The molecule has 4 rings (SSSR count). The quantitative estimate of drug-likeness (QED) is 0.456. The molecular weight excluding hydrogens is 440 g/mol. The van der Waals surface area contributed by atoms with Gasteiger partial charge in [-0.2, -0.15) is 5.26 Å². The van der Waals surface area contributed by atoms with Crippen LogP contribution < -0.4 is 10.1 Å². The van der Waals surface area contributed by atoms with Gasteiger partial charge in [0.25, 0.3) is 0 Å². The number of nitrogens with zero attached hydrogens (tertiary/aromatic N) is 1. The Hall–Kier alpha value is -3.20. The van der Waals surface area contributed by atoms with Crippen molar-refractivity contribution in [2.75, 3.05) is 0 Å². The second kappa shape index (κ2) is 10.4. The molecule has 1 aliphatic rings. The molecule has 1 aliphatic heterocycles. The lowest BCUT2D eigenvalue weighted by Crippen LogP contribution is -2.30. The summed E-state index contributed by atoms with van der Waals surface area (Å²) >= 11 is 7.41. The predicted octanol–water partition coefficient (Wildman–Crippen LogP) is 6.19. The highest BCUT2D eigenvalue weighted by Gasteiger charge is 2.29. The number of hydrogen-bond acceptors (Lipinski definition) is 4. The van der Waals surface area contributed by atoms with Gasteiger partial charge in [-0.1, -0.05) is 66.2 Å². The Morgan fingerprint density at radius 1 is 1.00 bits per heavy atom. The van der Waals surface area contributed by atoms with Gasteiger partial charge >= 0.3 is 0 Å². The van der Waals surface area contributed by atoms with E-state index in [9.17, 15) is 10.1 Å². The van der Waals surface area contributed by atoms with Gasteiger partial charge in [0, 0.05) is 23.1 Å². The molecule has 1 heterocycles. The second-order valence-electron chi connectivity index (χ2n) is 7.42. The normalized spacial score (nSPS) is 15.8. The molecule has 1 amide bonds. The number of benzene rings is 3. The van der Waals surface area contributed by atoms with E-state index in [4.69, 9.17) is 16.3 Å². The highest BCUT2D eigenvalue weighted by atomic mass is 35.5. The average molecular weight is 461 g/mol. The predicted molar refractivity (Wildman–Crippen MR) is 128 cm³/mol. The van der Waals surface area contributed by atoms with Crippen LogP contribution in [0, 0.1) is 11.3 Å². The summed E-state index contributed by atoms with van der Waals surface area (Å²) in [4.78, 5) is 12.4. The maximum Gasteiger partial charge on any atom is 0.225 e. The number of carbonyl (C=O) groups excluding carboxylic acids is 1. The third kappa shape index (κ3) is 5.53. The molecule has 1 atom stereocenters. The highest BCUT2D eigenvalue weighted by Crippen LogP contribution is 2.37. The minimum Gasteiger partial charge on any atom is -0.489 e. The van der Waals surface area contributed by atoms with Crippen molar-refractivity contribution in [2.45, 2.75) is 24.7 Å². The number of amides is 1. The smallest absolute Gasteiger partial charge is 0.225 e. The van der Waals surface area contributed by atoms with E-state index in [1.165, 1.54) is 11.8 Å². The van der Waals surface area contributed by atoms with Gasteiger partial charge in [0.05, 0.1) is 16.7 Å².